The van der Waals surface area contributed by atoms with Crippen molar-refractivity contribution in [3.8, 4) is 5.75 Å². The van der Waals surface area contributed by atoms with Crippen LogP contribution in [0.15, 0.2) is 52.3 Å². The lowest BCUT2D eigenvalue weighted by atomic mass is 10.0. The highest BCUT2D eigenvalue weighted by Gasteiger charge is 2.23. The lowest BCUT2D eigenvalue weighted by Crippen LogP contribution is -2.30. The number of nitrogens with two attached hydrogens (primary N) is 1. The van der Waals surface area contributed by atoms with E-state index >= 15 is 0 Å². The van der Waals surface area contributed by atoms with E-state index in [2.05, 4.69) is 0 Å². The maximum Gasteiger partial charge on any atom is 0.206 e. The van der Waals surface area contributed by atoms with Gasteiger partial charge in [0.2, 0.25) is 9.84 Å². The summed E-state index contributed by atoms with van der Waals surface area (Å²) in [5, 5.41) is 0. The van der Waals surface area contributed by atoms with Gasteiger partial charge in [-0.3, -0.25) is 0 Å². The molecule has 4 nitrogen and oxygen atoms in total. The molecule has 0 fully saturated rings. The summed E-state index contributed by atoms with van der Waals surface area (Å²) in [6.45, 7) is 0.389. The molecule has 2 N–H and O–H groups in total. The maximum atomic E-state index is 13.3. The Kier molecular flexibility index (Phi) is 3.88. The predicted molar refractivity (Wildman–Crippen MR) is 80.1 cm³/mol. The van der Waals surface area contributed by atoms with Crippen LogP contribution in [0.2, 0.25) is 0 Å². The van der Waals surface area contributed by atoms with Crippen LogP contribution in [-0.4, -0.2) is 21.1 Å². The summed E-state index contributed by atoms with van der Waals surface area (Å²) in [6, 6.07) is 9.75. The van der Waals surface area contributed by atoms with E-state index in [1.807, 2.05) is 0 Å². The van der Waals surface area contributed by atoms with Gasteiger partial charge in [0.25, 0.3) is 0 Å². The molecule has 1 aliphatic rings. The van der Waals surface area contributed by atoms with E-state index in [1.54, 1.807) is 6.07 Å². The first-order chi connectivity index (χ1) is 10.5. The first-order valence-corrected chi connectivity index (χ1v) is 8.49. The molecule has 0 aliphatic carbocycles. The Morgan fingerprint density at radius 1 is 1.18 bits per heavy atom. The maximum absolute atomic E-state index is 13.3. The topological polar surface area (TPSA) is 69.4 Å². The normalized spacial score (nSPS) is 17.6. The second-order valence-electron chi connectivity index (χ2n) is 5.24. The Morgan fingerprint density at radius 3 is 2.68 bits per heavy atom. The Morgan fingerprint density at radius 2 is 1.95 bits per heavy atom. The third kappa shape index (κ3) is 2.71. The number of ether oxygens (including phenoxy) is 1. The standard InChI is InChI=1S/C16H16FNO3S/c17-12-2-1-3-14(8-12)22(19,20)15-7-5-11-4-6-13(10-18)21-16(11)9-15/h1-3,5,7-9,13H,4,6,10,18H2/t13-/m1/s1. The number of fused-ring (bicyclic) bond motifs is 1. The second-order valence-corrected chi connectivity index (χ2v) is 7.19. The van der Waals surface area contributed by atoms with Crippen molar-refractivity contribution in [3.63, 3.8) is 0 Å². The largest absolute Gasteiger partial charge is 0.489 e. The van der Waals surface area contributed by atoms with E-state index in [0.717, 1.165) is 24.5 Å². The van der Waals surface area contributed by atoms with Gasteiger partial charge in [-0.25, -0.2) is 12.8 Å². The van der Waals surface area contributed by atoms with Gasteiger partial charge < -0.3 is 10.5 Å². The Bertz CT molecular complexity index is 805. The molecular formula is C16H16FNO3S. The summed E-state index contributed by atoms with van der Waals surface area (Å²) >= 11 is 0. The first-order valence-electron chi connectivity index (χ1n) is 7.01. The highest BCUT2D eigenvalue weighted by atomic mass is 32.2. The van der Waals surface area contributed by atoms with E-state index < -0.39 is 15.7 Å². The minimum Gasteiger partial charge on any atom is -0.489 e. The third-order valence-electron chi connectivity index (χ3n) is 3.75. The Balaban J connectivity index is 2.02. The SMILES string of the molecule is NC[C@H]1CCc2ccc(S(=O)(=O)c3cccc(F)c3)cc2O1. The van der Waals surface area contributed by atoms with Crippen molar-refractivity contribution < 1.29 is 17.5 Å². The Hall–Kier alpha value is -1.92. The van der Waals surface area contributed by atoms with Crippen molar-refractivity contribution in [3.05, 3.63) is 53.8 Å². The van der Waals surface area contributed by atoms with Crippen LogP contribution in [0.1, 0.15) is 12.0 Å². The van der Waals surface area contributed by atoms with Crippen LogP contribution >= 0.6 is 0 Å². The molecule has 0 spiro atoms. The van der Waals surface area contributed by atoms with Gasteiger partial charge in [-0.2, -0.15) is 0 Å². The number of hydrogen-bond acceptors (Lipinski definition) is 4. The van der Waals surface area contributed by atoms with Gasteiger partial charge in [0.15, 0.2) is 0 Å². The number of halogens is 1. The highest BCUT2D eigenvalue weighted by Crippen LogP contribution is 2.32. The summed E-state index contributed by atoms with van der Waals surface area (Å²) < 4.78 is 44.1. The van der Waals surface area contributed by atoms with Crippen molar-refractivity contribution in [1.29, 1.82) is 0 Å². The van der Waals surface area contributed by atoms with E-state index in [0.29, 0.717) is 12.3 Å². The van der Waals surface area contributed by atoms with Crippen molar-refractivity contribution in [2.75, 3.05) is 6.54 Å². The molecular weight excluding hydrogens is 305 g/mol. The molecule has 0 saturated heterocycles. The quantitative estimate of drug-likeness (QED) is 0.942. The van der Waals surface area contributed by atoms with E-state index in [1.165, 1.54) is 30.3 Å². The van der Waals surface area contributed by atoms with Crippen molar-refractivity contribution in [1.82, 2.24) is 0 Å². The van der Waals surface area contributed by atoms with Gasteiger partial charge in [-0.05, 0) is 48.7 Å². The van der Waals surface area contributed by atoms with E-state index in [9.17, 15) is 12.8 Å². The molecule has 6 heteroatoms. The zero-order valence-electron chi connectivity index (χ0n) is 11.8. The molecule has 3 rings (SSSR count). The minimum absolute atomic E-state index is 0.0707. The lowest BCUT2D eigenvalue weighted by molar-refractivity contribution is 0.181. The molecule has 1 aliphatic heterocycles. The number of hydrogen-bond donors (Lipinski definition) is 1. The van der Waals surface area contributed by atoms with Crippen molar-refractivity contribution in [2.45, 2.75) is 28.7 Å². The van der Waals surface area contributed by atoms with Crippen LogP contribution in [0.25, 0.3) is 0 Å². The number of sulfone groups is 1. The molecule has 0 radical (unpaired) electrons. The molecule has 0 saturated carbocycles. The first kappa shape index (κ1) is 15.0. The van der Waals surface area contributed by atoms with Gasteiger partial charge >= 0.3 is 0 Å². The van der Waals surface area contributed by atoms with Crippen molar-refractivity contribution >= 4 is 9.84 Å². The molecule has 0 aromatic heterocycles. The van der Waals surface area contributed by atoms with Crippen LogP contribution in [0.3, 0.4) is 0 Å². The fourth-order valence-electron chi connectivity index (χ4n) is 2.51. The second kappa shape index (κ2) is 5.70. The minimum atomic E-state index is -3.77. The van der Waals surface area contributed by atoms with E-state index in [-0.39, 0.29) is 15.9 Å². The van der Waals surface area contributed by atoms with Crippen LogP contribution in [0.5, 0.6) is 5.75 Å². The monoisotopic (exact) mass is 321 g/mol. The summed E-state index contributed by atoms with van der Waals surface area (Å²) in [5.41, 5.74) is 6.57. The van der Waals surface area contributed by atoms with Crippen LogP contribution < -0.4 is 10.5 Å². The molecule has 0 bridgehead atoms. The summed E-state index contributed by atoms with van der Waals surface area (Å²) in [4.78, 5) is 0.0214. The van der Waals surface area contributed by atoms with Crippen LogP contribution in [0, 0.1) is 5.82 Å². The molecule has 0 amide bonds. The Labute approximate surface area is 128 Å². The van der Waals surface area contributed by atoms with E-state index in [4.69, 9.17) is 10.5 Å². The zero-order chi connectivity index (χ0) is 15.7. The highest BCUT2D eigenvalue weighted by molar-refractivity contribution is 7.91. The smallest absolute Gasteiger partial charge is 0.206 e. The summed E-state index contributed by atoms with van der Waals surface area (Å²) in [6.07, 6.45) is 1.52. The summed E-state index contributed by atoms with van der Waals surface area (Å²) in [5.74, 6) is -0.0438. The van der Waals surface area contributed by atoms with Gasteiger partial charge in [0.1, 0.15) is 17.7 Å². The lowest BCUT2D eigenvalue weighted by Gasteiger charge is -2.25. The third-order valence-corrected chi connectivity index (χ3v) is 5.50. The molecule has 0 unspecified atom stereocenters. The predicted octanol–water partition coefficient (Wildman–Crippen LogP) is 2.31. The number of rotatable bonds is 3. The van der Waals surface area contributed by atoms with Gasteiger partial charge in [-0.15, -0.1) is 0 Å². The molecule has 1 atom stereocenters. The average Bonchev–Trinajstić information content (AvgIpc) is 2.53. The summed E-state index contributed by atoms with van der Waals surface area (Å²) in [7, 11) is -3.77. The molecule has 2 aromatic rings. The fourth-order valence-corrected chi connectivity index (χ4v) is 3.82. The van der Waals surface area contributed by atoms with Crippen molar-refractivity contribution in [2.24, 2.45) is 5.73 Å². The van der Waals surface area contributed by atoms with Gasteiger partial charge in [0.05, 0.1) is 9.79 Å². The van der Waals surface area contributed by atoms with Gasteiger partial charge in [-0.1, -0.05) is 12.1 Å². The van der Waals surface area contributed by atoms with Crippen LogP contribution in [0.4, 0.5) is 4.39 Å². The van der Waals surface area contributed by atoms with Crippen LogP contribution in [-0.2, 0) is 16.3 Å². The molecule has 2 aromatic carbocycles. The zero-order valence-corrected chi connectivity index (χ0v) is 12.6. The molecule has 1 heterocycles. The fraction of sp³-hybridized carbons (Fsp3) is 0.250. The molecule has 116 valence electrons. The van der Waals surface area contributed by atoms with Gasteiger partial charge in [0, 0.05) is 6.54 Å². The molecule has 22 heavy (non-hydrogen) atoms. The number of aryl methyl sites for hydroxylation is 1. The average molecular weight is 321 g/mol. The number of benzene rings is 2.